The van der Waals surface area contributed by atoms with Crippen LogP contribution in [0.25, 0.3) is 6.08 Å². The third-order valence-corrected chi connectivity index (χ3v) is 4.34. The molecule has 0 spiro atoms. The standard InChI is InChI=1S/C15H13NO6S2/c17-12(18)5-6-16-14(21)11(24-15(16)23)7-9-1-3-10(4-2-9)22-8-13(19)20/h1-4,7H,5-6,8H2,(H,17,18)(H,19,20)/b11-7-. The third-order valence-electron chi connectivity index (χ3n) is 2.96. The monoisotopic (exact) mass is 367 g/mol. The van der Waals surface area contributed by atoms with Crippen LogP contribution in [0.15, 0.2) is 29.2 Å². The Hall–Kier alpha value is -2.39. The highest BCUT2D eigenvalue weighted by molar-refractivity contribution is 8.26. The Morgan fingerprint density at radius 2 is 1.88 bits per heavy atom. The molecule has 2 N–H and O–H groups in total. The van der Waals surface area contributed by atoms with Crippen molar-refractivity contribution >= 4 is 52.2 Å². The van der Waals surface area contributed by atoms with E-state index in [1.165, 1.54) is 4.90 Å². The van der Waals surface area contributed by atoms with Crippen LogP contribution >= 0.6 is 24.0 Å². The van der Waals surface area contributed by atoms with Gasteiger partial charge in [-0.3, -0.25) is 14.5 Å². The molecule has 0 atom stereocenters. The number of carbonyl (C=O) groups is 3. The average molecular weight is 367 g/mol. The number of thioether (sulfide) groups is 1. The van der Waals surface area contributed by atoms with E-state index in [4.69, 9.17) is 27.2 Å². The summed E-state index contributed by atoms with van der Waals surface area (Å²) in [5, 5.41) is 17.2. The van der Waals surface area contributed by atoms with Gasteiger partial charge in [-0.1, -0.05) is 36.1 Å². The van der Waals surface area contributed by atoms with Gasteiger partial charge in [-0.25, -0.2) is 4.79 Å². The van der Waals surface area contributed by atoms with Gasteiger partial charge in [0.1, 0.15) is 10.1 Å². The van der Waals surface area contributed by atoms with Crippen LogP contribution in [0.2, 0.25) is 0 Å². The maximum Gasteiger partial charge on any atom is 0.341 e. The number of carbonyl (C=O) groups excluding carboxylic acids is 1. The third kappa shape index (κ3) is 4.80. The summed E-state index contributed by atoms with van der Waals surface area (Å²) < 4.78 is 5.35. The Labute approximate surface area is 146 Å². The van der Waals surface area contributed by atoms with Crippen molar-refractivity contribution in [3.8, 4) is 5.75 Å². The zero-order valence-corrected chi connectivity index (χ0v) is 13.9. The second-order valence-corrected chi connectivity index (χ2v) is 6.40. The molecule has 0 bridgehead atoms. The molecule has 0 aromatic heterocycles. The quantitative estimate of drug-likeness (QED) is 0.556. The Balaban J connectivity index is 2.05. The summed E-state index contributed by atoms with van der Waals surface area (Å²) in [6, 6.07) is 6.56. The van der Waals surface area contributed by atoms with Gasteiger partial charge in [-0.2, -0.15) is 0 Å². The van der Waals surface area contributed by atoms with E-state index in [0.717, 1.165) is 17.3 Å². The first-order chi connectivity index (χ1) is 11.4. The van der Waals surface area contributed by atoms with Crippen LogP contribution in [-0.4, -0.2) is 50.4 Å². The molecule has 1 amide bonds. The average Bonchev–Trinajstić information content (AvgIpc) is 2.78. The zero-order valence-electron chi connectivity index (χ0n) is 12.3. The first-order valence-corrected chi connectivity index (χ1v) is 8.01. The molecule has 1 aliphatic heterocycles. The van der Waals surface area contributed by atoms with Crippen molar-refractivity contribution < 1.29 is 29.3 Å². The minimum Gasteiger partial charge on any atom is -0.482 e. The molecule has 7 nitrogen and oxygen atoms in total. The highest BCUT2D eigenvalue weighted by Gasteiger charge is 2.31. The highest BCUT2D eigenvalue weighted by atomic mass is 32.2. The summed E-state index contributed by atoms with van der Waals surface area (Å²) in [5.41, 5.74) is 0.719. The molecular formula is C15H13NO6S2. The molecule has 1 aliphatic rings. The summed E-state index contributed by atoms with van der Waals surface area (Å²) in [6.45, 7) is -0.388. The van der Waals surface area contributed by atoms with Crippen molar-refractivity contribution in [1.29, 1.82) is 0 Å². The van der Waals surface area contributed by atoms with Crippen LogP contribution in [0, 0.1) is 0 Å². The van der Waals surface area contributed by atoms with Crippen LogP contribution in [0.3, 0.4) is 0 Å². The molecule has 1 aromatic carbocycles. The predicted octanol–water partition coefficient (Wildman–Crippen LogP) is 1.83. The Bertz CT molecular complexity index is 713. The topological polar surface area (TPSA) is 104 Å². The van der Waals surface area contributed by atoms with Crippen molar-refractivity contribution in [1.82, 2.24) is 4.90 Å². The Morgan fingerprint density at radius 3 is 2.46 bits per heavy atom. The smallest absolute Gasteiger partial charge is 0.341 e. The number of carboxylic acids is 2. The molecule has 0 unspecified atom stereocenters. The SMILES string of the molecule is O=C(O)CCN1C(=O)/C(=C/c2ccc(OCC(=O)O)cc2)SC1=S. The van der Waals surface area contributed by atoms with Crippen molar-refractivity contribution in [3.05, 3.63) is 34.7 Å². The van der Waals surface area contributed by atoms with E-state index in [1.54, 1.807) is 30.3 Å². The molecule has 0 aliphatic carbocycles. The van der Waals surface area contributed by atoms with Gasteiger partial charge in [-0.15, -0.1) is 0 Å². The lowest BCUT2D eigenvalue weighted by Crippen LogP contribution is -2.30. The molecular weight excluding hydrogens is 354 g/mol. The van der Waals surface area contributed by atoms with Crippen LogP contribution in [0.4, 0.5) is 0 Å². The zero-order chi connectivity index (χ0) is 17.7. The van der Waals surface area contributed by atoms with Crippen molar-refractivity contribution in [2.24, 2.45) is 0 Å². The molecule has 0 saturated carbocycles. The molecule has 2 rings (SSSR count). The fourth-order valence-corrected chi connectivity index (χ4v) is 3.17. The number of rotatable bonds is 7. The first-order valence-electron chi connectivity index (χ1n) is 6.78. The normalized spacial score (nSPS) is 15.8. The van der Waals surface area contributed by atoms with Gasteiger partial charge < -0.3 is 14.9 Å². The first kappa shape index (κ1) is 18.0. The molecule has 126 valence electrons. The lowest BCUT2D eigenvalue weighted by Gasteiger charge is -2.12. The number of thiocarbonyl (C=S) groups is 1. The second kappa shape index (κ2) is 7.93. The molecule has 9 heteroatoms. The van der Waals surface area contributed by atoms with E-state index < -0.39 is 18.5 Å². The van der Waals surface area contributed by atoms with Crippen molar-refractivity contribution in [2.45, 2.75) is 6.42 Å². The number of benzene rings is 1. The molecule has 1 fully saturated rings. The van der Waals surface area contributed by atoms with Gasteiger partial charge in [0, 0.05) is 6.54 Å². The minimum absolute atomic E-state index is 0.0410. The van der Waals surface area contributed by atoms with Crippen molar-refractivity contribution in [3.63, 3.8) is 0 Å². The lowest BCUT2D eigenvalue weighted by molar-refractivity contribution is -0.139. The summed E-state index contributed by atoms with van der Waals surface area (Å²) in [5.74, 6) is -1.98. The summed E-state index contributed by atoms with van der Waals surface area (Å²) >= 11 is 6.21. The van der Waals surface area contributed by atoms with Crippen LogP contribution in [-0.2, 0) is 14.4 Å². The Kier molecular flexibility index (Phi) is 5.93. The van der Waals surface area contributed by atoms with E-state index in [1.807, 2.05) is 0 Å². The van der Waals surface area contributed by atoms with Crippen LogP contribution in [0.5, 0.6) is 5.75 Å². The molecule has 1 heterocycles. The fourth-order valence-electron chi connectivity index (χ4n) is 1.86. The number of hydrogen-bond acceptors (Lipinski definition) is 6. The number of amides is 1. The van der Waals surface area contributed by atoms with Crippen LogP contribution in [0.1, 0.15) is 12.0 Å². The summed E-state index contributed by atoms with van der Waals surface area (Å²) in [4.78, 5) is 35.0. The van der Waals surface area contributed by atoms with E-state index in [-0.39, 0.29) is 18.9 Å². The van der Waals surface area contributed by atoms with E-state index in [9.17, 15) is 14.4 Å². The van der Waals surface area contributed by atoms with Gasteiger partial charge in [0.25, 0.3) is 5.91 Å². The minimum atomic E-state index is -1.07. The van der Waals surface area contributed by atoms with Gasteiger partial charge >= 0.3 is 11.9 Å². The van der Waals surface area contributed by atoms with Crippen molar-refractivity contribution in [2.75, 3.05) is 13.2 Å². The summed E-state index contributed by atoms with van der Waals surface area (Å²) in [6.07, 6.45) is 1.47. The summed E-state index contributed by atoms with van der Waals surface area (Å²) in [7, 11) is 0. The highest BCUT2D eigenvalue weighted by Crippen LogP contribution is 2.32. The maximum absolute atomic E-state index is 12.2. The fraction of sp³-hybridized carbons (Fsp3) is 0.200. The van der Waals surface area contributed by atoms with Gasteiger partial charge in [0.15, 0.2) is 6.61 Å². The lowest BCUT2D eigenvalue weighted by atomic mass is 10.2. The number of hydrogen-bond donors (Lipinski definition) is 2. The largest absolute Gasteiger partial charge is 0.482 e. The maximum atomic E-state index is 12.2. The molecule has 0 radical (unpaired) electrons. The number of nitrogens with zero attached hydrogens (tertiary/aromatic N) is 1. The number of aliphatic carboxylic acids is 2. The molecule has 1 aromatic rings. The van der Waals surface area contributed by atoms with Gasteiger partial charge in [-0.05, 0) is 23.8 Å². The Morgan fingerprint density at radius 1 is 1.21 bits per heavy atom. The van der Waals surface area contributed by atoms with E-state index in [0.29, 0.717) is 15.0 Å². The second-order valence-electron chi connectivity index (χ2n) is 4.73. The van der Waals surface area contributed by atoms with Gasteiger partial charge in [0.05, 0.1) is 11.3 Å². The van der Waals surface area contributed by atoms with Gasteiger partial charge in [0.2, 0.25) is 0 Å². The molecule has 24 heavy (non-hydrogen) atoms. The van der Waals surface area contributed by atoms with E-state index >= 15 is 0 Å². The van der Waals surface area contributed by atoms with E-state index in [2.05, 4.69) is 0 Å². The number of carboxylic acid groups (broad SMARTS) is 2. The van der Waals surface area contributed by atoms with Crippen LogP contribution < -0.4 is 4.74 Å². The molecule has 1 saturated heterocycles. The number of ether oxygens (including phenoxy) is 1. The predicted molar refractivity (Wildman–Crippen MR) is 91.7 cm³/mol.